The van der Waals surface area contributed by atoms with Gasteiger partial charge in [-0.2, -0.15) is 4.98 Å². The molecule has 0 unspecified atom stereocenters. The van der Waals surface area contributed by atoms with Gasteiger partial charge in [-0.3, -0.25) is 19.1 Å². The van der Waals surface area contributed by atoms with Crippen molar-refractivity contribution in [2.75, 3.05) is 11.1 Å². The SMILES string of the molecule is C[C@@H]1C[C@@H](C(=O)NCc2cc3cnc(N)cc3s2)n2c1ncc(Nc1noc(-c3ccccn3)n1)c2=O. The van der Waals surface area contributed by atoms with Gasteiger partial charge in [0.1, 0.15) is 29.1 Å². The van der Waals surface area contributed by atoms with Crippen molar-refractivity contribution in [3.8, 4) is 11.6 Å². The highest BCUT2D eigenvalue weighted by atomic mass is 32.1. The molecule has 5 aromatic rings. The van der Waals surface area contributed by atoms with Crippen molar-refractivity contribution in [1.29, 1.82) is 0 Å². The minimum absolute atomic E-state index is 0.0585. The van der Waals surface area contributed by atoms with Gasteiger partial charge in [0, 0.05) is 33.3 Å². The topological polar surface area (TPSA) is 167 Å². The molecule has 6 heterocycles. The summed E-state index contributed by atoms with van der Waals surface area (Å²) in [4.78, 5) is 44.5. The predicted molar refractivity (Wildman–Crippen MR) is 137 cm³/mol. The van der Waals surface area contributed by atoms with Gasteiger partial charge in [0.25, 0.3) is 17.4 Å². The molecule has 0 aliphatic carbocycles. The van der Waals surface area contributed by atoms with E-state index >= 15 is 0 Å². The fourth-order valence-electron chi connectivity index (χ4n) is 4.37. The van der Waals surface area contributed by atoms with Crippen LogP contribution in [0.5, 0.6) is 0 Å². The standard InChI is InChI=1S/C24H21N9O3S/c1-12-6-17(21(34)29-10-14-7-13-9-27-19(25)8-18(13)37-14)33-20(12)28-11-16(23(33)35)30-24-31-22(36-32-24)15-4-2-3-5-26-15/h2-5,7-9,11-12,17H,6,10H2,1H3,(H2,25,27)(H,29,34)(H,30,32)/t12-,17+/m1/s1. The largest absolute Gasteiger partial charge is 0.384 e. The van der Waals surface area contributed by atoms with Crippen molar-refractivity contribution >= 4 is 44.8 Å². The number of fused-ring (bicyclic) bond motifs is 2. The smallest absolute Gasteiger partial charge is 0.278 e. The highest BCUT2D eigenvalue weighted by Crippen LogP contribution is 2.34. The Kier molecular flexibility index (Phi) is 5.60. The van der Waals surface area contributed by atoms with Crippen LogP contribution in [-0.2, 0) is 11.3 Å². The highest BCUT2D eigenvalue weighted by molar-refractivity contribution is 7.19. The number of thiophene rings is 1. The molecule has 13 heteroatoms. The molecule has 0 saturated carbocycles. The molecule has 0 aromatic carbocycles. The molecular weight excluding hydrogens is 494 g/mol. The fraction of sp³-hybridized carbons (Fsp3) is 0.208. The molecule has 5 aromatic heterocycles. The minimum atomic E-state index is -0.687. The minimum Gasteiger partial charge on any atom is -0.384 e. The normalized spacial score (nSPS) is 16.6. The Morgan fingerprint density at radius 2 is 2.14 bits per heavy atom. The summed E-state index contributed by atoms with van der Waals surface area (Å²) in [6.45, 7) is 2.28. The van der Waals surface area contributed by atoms with Crippen molar-refractivity contribution < 1.29 is 9.32 Å². The van der Waals surface area contributed by atoms with Crippen LogP contribution in [0.1, 0.15) is 36.0 Å². The first kappa shape index (κ1) is 22.8. The number of nitrogens with zero attached hydrogens (tertiary/aromatic N) is 6. The first-order valence-electron chi connectivity index (χ1n) is 11.5. The molecule has 0 radical (unpaired) electrons. The van der Waals surface area contributed by atoms with Gasteiger partial charge in [0.2, 0.25) is 5.91 Å². The third-order valence-electron chi connectivity index (χ3n) is 6.12. The van der Waals surface area contributed by atoms with Crippen LogP contribution in [-0.4, -0.2) is 35.6 Å². The maximum absolute atomic E-state index is 13.4. The molecule has 4 N–H and O–H groups in total. The second-order valence-electron chi connectivity index (χ2n) is 8.70. The van der Waals surface area contributed by atoms with Gasteiger partial charge in [0.05, 0.1) is 12.7 Å². The van der Waals surface area contributed by atoms with Crippen molar-refractivity contribution in [2.24, 2.45) is 0 Å². The average molecular weight is 516 g/mol. The summed E-state index contributed by atoms with van der Waals surface area (Å²) in [5.74, 6) is 0.999. The number of pyridine rings is 2. The Morgan fingerprint density at radius 1 is 1.24 bits per heavy atom. The summed E-state index contributed by atoms with van der Waals surface area (Å²) in [5, 5.41) is 10.7. The second kappa shape index (κ2) is 9.09. The van der Waals surface area contributed by atoms with Gasteiger partial charge in [-0.25, -0.2) is 9.97 Å². The van der Waals surface area contributed by atoms with Crippen LogP contribution in [0.2, 0.25) is 0 Å². The van der Waals surface area contributed by atoms with Crippen molar-refractivity contribution in [1.82, 2.24) is 35.0 Å². The molecule has 0 fully saturated rings. The molecular formula is C24H21N9O3S. The number of hydrogen-bond donors (Lipinski definition) is 3. The molecule has 1 amide bonds. The first-order chi connectivity index (χ1) is 18.0. The van der Waals surface area contributed by atoms with E-state index in [9.17, 15) is 9.59 Å². The fourth-order valence-corrected chi connectivity index (χ4v) is 5.40. The lowest BCUT2D eigenvalue weighted by Crippen LogP contribution is -2.36. The molecule has 0 spiro atoms. The number of carbonyl (C=O) groups is 1. The van der Waals surface area contributed by atoms with Crippen LogP contribution in [0, 0.1) is 0 Å². The number of anilines is 3. The lowest BCUT2D eigenvalue weighted by Gasteiger charge is -2.15. The Bertz CT molecular complexity index is 1680. The van der Waals surface area contributed by atoms with Crippen molar-refractivity contribution in [3.63, 3.8) is 0 Å². The van der Waals surface area contributed by atoms with Gasteiger partial charge < -0.3 is 20.9 Å². The van der Waals surface area contributed by atoms with E-state index in [1.807, 2.05) is 19.1 Å². The average Bonchev–Trinajstić information content (AvgIpc) is 3.62. The Morgan fingerprint density at radius 3 is 2.97 bits per heavy atom. The molecule has 186 valence electrons. The van der Waals surface area contributed by atoms with Gasteiger partial charge in [-0.15, -0.1) is 11.3 Å². The third-order valence-corrected chi connectivity index (χ3v) is 7.22. The number of nitrogen functional groups attached to an aromatic ring is 1. The molecule has 0 bridgehead atoms. The number of nitrogens with one attached hydrogen (secondary N) is 2. The maximum atomic E-state index is 13.4. The number of aromatic nitrogens is 6. The quantitative estimate of drug-likeness (QED) is 0.306. The van der Waals surface area contributed by atoms with Crippen LogP contribution in [0.4, 0.5) is 17.5 Å². The van der Waals surface area contributed by atoms with Crippen LogP contribution in [0.25, 0.3) is 21.7 Å². The molecule has 1 aliphatic heterocycles. The zero-order chi connectivity index (χ0) is 25.5. The van der Waals surface area contributed by atoms with Crippen molar-refractivity contribution in [3.05, 3.63) is 70.0 Å². The summed E-state index contributed by atoms with van der Waals surface area (Å²) in [5.41, 5.74) is 6.03. The molecule has 6 rings (SSSR count). The number of amides is 1. The highest BCUT2D eigenvalue weighted by Gasteiger charge is 2.35. The third kappa shape index (κ3) is 4.29. The van der Waals surface area contributed by atoms with Gasteiger partial charge >= 0.3 is 0 Å². The summed E-state index contributed by atoms with van der Waals surface area (Å²) in [7, 11) is 0. The van der Waals surface area contributed by atoms with Gasteiger partial charge in [0.15, 0.2) is 0 Å². The number of nitrogens with two attached hydrogens (primary N) is 1. The second-order valence-corrected chi connectivity index (χ2v) is 9.87. The molecule has 37 heavy (non-hydrogen) atoms. The van der Waals surface area contributed by atoms with Crippen LogP contribution >= 0.6 is 11.3 Å². The summed E-state index contributed by atoms with van der Waals surface area (Å²) in [6.07, 6.45) is 5.23. The van der Waals surface area contributed by atoms with Crippen LogP contribution in [0.3, 0.4) is 0 Å². The summed E-state index contributed by atoms with van der Waals surface area (Å²) >= 11 is 1.54. The molecule has 0 saturated heterocycles. The first-order valence-corrected chi connectivity index (χ1v) is 12.3. The zero-order valence-electron chi connectivity index (χ0n) is 19.6. The van der Waals surface area contributed by atoms with E-state index in [0.29, 0.717) is 30.3 Å². The van der Waals surface area contributed by atoms with E-state index in [-0.39, 0.29) is 34.9 Å². The number of hydrogen-bond acceptors (Lipinski definition) is 11. The van der Waals surface area contributed by atoms with Gasteiger partial charge in [-0.1, -0.05) is 13.0 Å². The number of carbonyl (C=O) groups excluding carboxylic acids is 1. The van der Waals surface area contributed by atoms with E-state index in [1.165, 1.54) is 22.1 Å². The lowest BCUT2D eigenvalue weighted by molar-refractivity contribution is -0.124. The van der Waals surface area contributed by atoms with Crippen LogP contribution in [0.15, 0.2) is 58.2 Å². The number of rotatable bonds is 6. The maximum Gasteiger partial charge on any atom is 0.278 e. The predicted octanol–water partition coefficient (Wildman–Crippen LogP) is 2.99. The lowest BCUT2D eigenvalue weighted by atomic mass is 10.1. The molecule has 2 atom stereocenters. The monoisotopic (exact) mass is 515 g/mol. The Balaban J connectivity index is 1.21. The van der Waals surface area contributed by atoms with E-state index in [0.717, 1.165) is 15.0 Å². The van der Waals surface area contributed by atoms with Crippen molar-refractivity contribution in [2.45, 2.75) is 31.8 Å². The van der Waals surface area contributed by atoms with E-state index < -0.39 is 6.04 Å². The summed E-state index contributed by atoms with van der Waals surface area (Å²) < 4.78 is 7.69. The Labute approximate surface area is 213 Å². The van der Waals surface area contributed by atoms with E-state index in [4.69, 9.17) is 10.3 Å². The molecule has 12 nitrogen and oxygen atoms in total. The zero-order valence-corrected chi connectivity index (χ0v) is 20.4. The van der Waals surface area contributed by atoms with E-state index in [1.54, 1.807) is 30.6 Å². The molecule has 1 aliphatic rings. The van der Waals surface area contributed by atoms with Gasteiger partial charge in [-0.05, 0) is 35.8 Å². The Hall–Kier alpha value is -4.65. The summed E-state index contributed by atoms with van der Waals surface area (Å²) in [6, 6.07) is 8.41. The van der Waals surface area contributed by atoms with E-state index in [2.05, 4.69) is 35.7 Å². The van der Waals surface area contributed by atoms with Crippen LogP contribution < -0.4 is 21.9 Å².